The van der Waals surface area contributed by atoms with E-state index >= 15 is 0 Å². The molecule has 3 heterocycles. The maximum Gasteiger partial charge on any atom is 0.254 e. The molecule has 1 atom stereocenters. The third-order valence-corrected chi connectivity index (χ3v) is 5.27. The summed E-state index contributed by atoms with van der Waals surface area (Å²) in [6, 6.07) is 0. The molecule has 0 spiro atoms. The number of aryl methyl sites for hydroxylation is 1. The largest absolute Gasteiger partial charge is 0.359 e. The number of aromatic nitrogens is 1. The Balaban J connectivity index is 1.85. The predicted octanol–water partition coefficient (Wildman–Crippen LogP) is 2.10. The molecule has 1 aromatic rings. The molecule has 144 valence electrons. The third kappa shape index (κ3) is 4.03. The number of hydrogen-bond donors (Lipinski definition) is 3. The standard InChI is InChI=1S/C20H28N6O/c1-5-26(6-2)10-7-15-13(3)17(24-14(15)4)11-18-19(22-9-8-21-18)16-12-23-25-20(16)27/h8-9,11-12,16,21,24H,5-7,10H2,1-4H3,(H,25,27). The molecule has 0 aliphatic carbocycles. The van der Waals surface area contributed by atoms with E-state index < -0.39 is 5.92 Å². The smallest absolute Gasteiger partial charge is 0.254 e. The van der Waals surface area contributed by atoms with Gasteiger partial charge in [0.25, 0.3) is 5.91 Å². The van der Waals surface area contributed by atoms with Crippen LogP contribution in [0.1, 0.15) is 36.4 Å². The molecule has 7 nitrogen and oxygen atoms in total. The van der Waals surface area contributed by atoms with Crippen LogP contribution in [0.5, 0.6) is 0 Å². The SMILES string of the molecule is CCN(CC)CCc1c(C)[nH]c(C=C2NC=CN=C2C2C=NNC2=O)c1C. The van der Waals surface area contributed by atoms with Crippen LogP contribution in [0.15, 0.2) is 28.2 Å². The fourth-order valence-corrected chi connectivity index (χ4v) is 3.55. The molecule has 2 aliphatic rings. The van der Waals surface area contributed by atoms with Gasteiger partial charge in [-0.05, 0) is 50.6 Å². The van der Waals surface area contributed by atoms with E-state index in [-0.39, 0.29) is 5.91 Å². The van der Waals surface area contributed by atoms with E-state index in [0.717, 1.165) is 37.4 Å². The van der Waals surface area contributed by atoms with Crippen molar-refractivity contribution in [2.24, 2.45) is 16.0 Å². The number of hydrazone groups is 1. The average Bonchev–Trinajstić information content (AvgIpc) is 3.20. The molecular weight excluding hydrogens is 340 g/mol. The van der Waals surface area contributed by atoms with Crippen molar-refractivity contribution >= 4 is 23.9 Å². The molecule has 0 saturated carbocycles. The summed E-state index contributed by atoms with van der Waals surface area (Å²) in [6.45, 7) is 11.8. The number of nitrogens with zero attached hydrogens (tertiary/aromatic N) is 3. The van der Waals surface area contributed by atoms with Crippen LogP contribution in [0.2, 0.25) is 0 Å². The van der Waals surface area contributed by atoms with Gasteiger partial charge in [-0.1, -0.05) is 13.8 Å². The fraction of sp³-hybridized carbons (Fsp3) is 0.450. The number of likely N-dealkylation sites (N-methyl/N-ethyl adjacent to an activating group) is 1. The number of rotatable bonds is 7. The molecule has 0 radical (unpaired) electrons. The van der Waals surface area contributed by atoms with Crippen molar-refractivity contribution in [3.05, 3.63) is 40.6 Å². The van der Waals surface area contributed by atoms with Crippen LogP contribution in [0.3, 0.4) is 0 Å². The summed E-state index contributed by atoms with van der Waals surface area (Å²) in [7, 11) is 0. The predicted molar refractivity (Wildman–Crippen MR) is 110 cm³/mol. The monoisotopic (exact) mass is 368 g/mol. The molecular formula is C20H28N6O. The zero-order valence-corrected chi connectivity index (χ0v) is 16.5. The van der Waals surface area contributed by atoms with Gasteiger partial charge in [-0.15, -0.1) is 0 Å². The van der Waals surface area contributed by atoms with E-state index in [1.54, 1.807) is 18.6 Å². The summed E-state index contributed by atoms with van der Waals surface area (Å²) in [4.78, 5) is 22.3. The topological polar surface area (TPSA) is 84.9 Å². The van der Waals surface area contributed by atoms with Gasteiger partial charge in [-0.2, -0.15) is 5.10 Å². The highest BCUT2D eigenvalue weighted by Gasteiger charge is 2.29. The molecule has 0 bridgehead atoms. The first-order chi connectivity index (χ1) is 13.0. The zero-order valence-electron chi connectivity index (χ0n) is 16.5. The average molecular weight is 368 g/mol. The number of amides is 1. The lowest BCUT2D eigenvalue weighted by Gasteiger charge is -2.18. The number of aromatic amines is 1. The van der Waals surface area contributed by atoms with E-state index in [2.05, 4.69) is 58.4 Å². The number of allylic oxidation sites excluding steroid dienone is 1. The lowest BCUT2D eigenvalue weighted by atomic mass is 9.99. The Morgan fingerprint density at radius 2 is 2.04 bits per heavy atom. The molecule has 0 aromatic carbocycles. The maximum absolute atomic E-state index is 12.0. The number of nitrogens with one attached hydrogen (secondary N) is 3. The highest BCUT2D eigenvalue weighted by Crippen LogP contribution is 2.23. The second-order valence-corrected chi connectivity index (χ2v) is 6.81. The summed E-state index contributed by atoms with van der Waals surface area (Å²) in [5, 5.41) is 7.08. The Kier molecular flexibility index (Phi) is 5.91. The molecule has 0 fully saturated rings. The molecule has 1 unspecified atom stereocenters. The summed E-state index contributed by atoms with van der Waals surface area (Å²) >= 11 is 0. The number of carbonyl (C=O) groups is 1. The number of aliphatic imine (C=N–C) groups is 1. The van der Waals surface area contributed by atoms with Crippen molar-refractivity contribution in [3.63, 3.8) is 0 Å². The molecule has 1 aromatic heterocycles. The lowest BCUT2D eigenvalue weighted by Crippen LogP contribution is -2.32. The quantitative estimate of drug-likeness (QED) is 0.689. The van der Waals surface area contributed by atoms with Crippen LogP contribution >= 0.6 is 0 Å². The zero-order chi connectivity index (χ0) is 19.4. The Morgan fingerprint density at radius 1 is 1.26 bits per heavy atom. The van der Waals surface area contributed by atoms with E-state index in [4.69, 9.17) is 0 Å². The van der Waals surface area contributed by atoms with Crippen molar-refractivity contribution in [3.8, 4) is 0 Å². The van der Waals surface area contributed by atoms with Crippen molar-refractivity contribution < 1.29 is 4.79 Å². The molecule has 1 amide bonds. The van der Waals surface area contributed by atoms with Gasteiger partial charge in [0, 0.05) is 36.5 Å². The van der Waals surface area contributed by atoms with Gasteiger partial charge < -0.3 is 15.2 Å². The second kappa shape index (κ2) is 8.35. The first kappa shape index (κ1) is 19.1. The Bertz CT molecular complexity index is 826. The molecule has 7 heteroatoms. The highest BCUT2D eigenvalue weighted by atomic mass is 16.2. The van der Waals surface area contributed by atoms with Crippen molar-refractivity contribution in [2.45, 2.75) is 34.1 Å². The van der Waals surface area contributed by atoms with Crippen molar-refractivity contribution in [1.29, 1.82) is 0 Å². The van der Waals surface area contributed by atoms with Crippen LogP contribution < -0.4 is 10.7 Å². The number of H-pyrrole nitrogens is 1. The molecule has 3 rings (SSSR count). The molecule has 3 N–H and O–H groups in total. The molecule has 2 aliphatic heterocycles. The van der Waals surface area contributed by atoms with E-state index in [0.29, 0.717) is 5.71 Å². The Morgan fingerprint density at radius 3 is 2.70 bits per heavy atom. The van der Waals surface area contributed by atoms with Crippen molar-refractivity contribution in [2.75, 3.05) is 19.6 Å². The van der Waals surface area contributed by atoms with Gasteiger partial charge in [-0.25, -0.2) is 5.43 Å². The minimum absolute atomic E-state index is 0.156. The van der Waals surface area contributed by atoms with Gasteiger partial charge in [0.15, 0.2) is 0 Å². The van der Waals surface area contributed by atoms with Gasteiger partial charge in [0.05, 0.1) is 11.4 Å². The molecule has 27 heavy (non-hydrogen) atoms. The van der Waals surface area contributed by atoms with Crippen LogP contribution in [0.25, 0.3) is 6.08 Å². The highest BCUT2D eigenvalue weighted by molar-refractivity contribution is 6.24. The third-order valence-electron chi connectivity index (χ3n) is 5.27. The van der Waals surface area contributed by atoms with E-state index in [1.165, 1.54) is 16.8 Å². The normalized spacial score (nSPS) is 20.3. The number of hydrogen-bond acceptors (Lipinski definition) is 5. The summed E-state index contributed by atoms with van der Waals surface area (Å²) in [6.07, 6.45) is 8.08. The molecule has 0 saturated heterocycles. The van der Waals surface area contributed by atoms with E-state index in [9.17, 15) is 4.79 Å². The summed E-state index contributed by atoms with van der Waals surface area (Å²) < 4.78 is 0. The van der Waals surface area contributed by atoms with Crippen LogP contribution in [0, 0.1) is 19.8 Å². The summed E-state index contributed by atoms with van der Waals surface area (Å²) in [5.74, 6) is -0.622. The first-order valence-electron chi connectivity index (χ1n) is 9.49. The number of carbonyl (C=O) groups excluding carboxylic acids is 1. The Labute approximate surface area is 160 Å². The van der Waals surface area contributed by atoms with E-state index in [1.807, 2.05) is 6.08 Å². The fourth-order valence-electron chi connectivity index (χ4n) is 3.55. The second-order valence-electron chi connectivity index (χ2n) is 6.81. The minimum atomic E-state index is -0.466. The van der Waals surface area contributed by atoms with Gasteiger partial charge in [0.2, 0.25) is 0 Å². The van der Waals surface area contributed by atoms with Gasteiger partial charge in [0.1, 0.15) is 5.92 Å². The van der Waals surface area contributed by atoms with Crippen molar-refractivity contribution in [1.82, 2.24) is 20.6 Å². The van der Waals surface area contributed by atoms with Gasteiger partial charge in [-0.3, -0.25) is 9.79 Å². The van der Waals surface area contributed by atoms with Crippen LogP contribution in [-0.2, 0) is 11.2 Å². The summed E-state index contributed by atoms with van der Waals surface area (Å²) in [5.41, 5.74) is 8.80. The van der Waals surface area contributed by atoms with Crippen LogP contribution in [0.4, 0.5) is 0 Å². The maximum atomic E-state index is 12.0. The lowest BCUT2D eigenvalue weighted by molar-refractivity contribution is -0.120. The van der Waals surface area contributed by atoms with Crippen LogP contribution in [-0.4, -0.2) is 47.4 Å². The van der Waals surface area contributed by atoms with Gasteiger partial charge >= 0.3 is 0 Å². The Hall–Kier alpha value is -2.67. The first-order valence-corrected chi connectivity index (χ1v) is 9.49. The minimum Gasteiger partial charge on any atom is -0.359 e.